The third-order valence-corrected chi connectivity index (χ3v) is 3.87. The molecular weight excluding hydrogens is 228 g/mol. The van der Waals surface area contributed by atoms with E-state index in [4.69, 9.17) is 4.42 Å². The second-order valence-corrected chi connectivity index (χ2v) is 6.18. The van der Waals surface area contributed by atoms with Crippen LogP contribution in [0.2, 0.25) is 0 Å². The zero-order valence-corrected chi connectivity index (χ0v) is 11.3. The molecule has 0 amide bonds. The molecule has 0 aromatic carbocycles. The Morgan fingerprint density at radius 1 is 1.61 bits per heavy atom. The van der Waals surface area contributed by atoms with Crippen LogP contribution in [0, 0.1) is 17.8 Å². The normalized spacial score (nSPS) is 32.1. The number of ketones is 1. The second-order valence-electron chi connectivity index (χ2n) is 6.18. The fourth-order valence-electron chi connectivity index (χ4n) is 3.34. The van der Waals surface area contributed by atoms with E-state index in [2.05, 4.69) is 20.8 Å². The number of hydrogen-bond acceptors (Lipinski definition) is 3. The topological polar surface area (TPSA) is 50.4 Å². The van der Waals surface area contributed by atoms with Crippen LogP contribution >= 0.6 is 0 Å². The van der Waals surface area contributed by atoms with Crippen molar-refractivity contribution in [1.29, 1.82) is 0 Å². The van der Waals surface area contributed by atoms with Gasteiger partial charge in [0.05, 0.1) is 23.3 Å². The maximum absolute atomic E-state index is 12.4. The van der Waals surface area contributed by atoms with Crippen molar-refractivity contribution in [3.8, 4) is 0 Å². The highest BCUT2D eigenvalue weighted by Crippen LogP contribution is 2.44. The minimum atomic E-state index is -0.845. The van der Waals surface area contributed by atoms with Crippen LogP contribution in [-0.4, -0.2) is 16.5 Å². The monoisotopic (exact) mass is 250 g/mol. The van der Waals surface area contributed by atoms with Gasteiger partial charge in [-0.15, -0.1) is 0 Å². The maximum atomic E-state index is 12.4. The van der Waals surface area contributed by atoms with Crippen LogP contribution in [0.4, 0.5) is 0 Å². The molecule has 1 N–H and O–H groups in total. The number of hydrogen-bond donors (Lipinski definition) is 1. The number of carbonyl (C=O) groups excluding carboxylic acids is 1. The van der Waals surface area contributed by atoms with Crippen molar-refractivity contribution in [1.82, 2.24) is 0 Å². The molecule has 3 heteroatoms. The zero-order valence-electron chi connectivity index (χ0n) is 11.3. The van der Waals surface area contributed by atoms with Gasteiger partial charge in [0.25, 0.3) is 0 Å². The van der Waals surface area contributed by atoms with Crippen molar-refractivity contribution in [2.24, 2.45) is 17.8 Å². The molecule has 1 saturated carbocycles. The smallest absolute Gasteiger partial charge is 0.172 e. The molecular formula is C15H22O3. The van der Waals surface area contributed by atoms with Crippen LogP contribution < -0.4 is 0 Å². The average molecular weight is 250 g/mol. The van der Waals surface area contributed by atoms with Gasteiger partial charge in [-0.3, -0.25) is 4.79 Å². The van der Waals surface area contributed by atoms with Gasteiger partial charge in [-0.25, -0.2) is 0 Å². The van der Waals surface area contributed by atoms with Gasteiger partial charge in [0, 0.05) is 0 Å². The molecule has 1 fully saturated rings. The van der Waals surface area contributed by atoms with Gasteiger partial charge in [-0.05, 0) is 37.2 Å². The Kier molecular flexibility index (Phi) is 3.62. The maximum Gasteiger partial charge on any atom is 0.172 e. The molecule has 0 unspecified atom stereocenters. The Balaban J connectivity index is 2.22. The summed E-state index contributed by atoms with van der Waals surface area (Å²) in [4.78, 5) is 12.4. The predicted molar refractivity (Wildman–Crippen MR) is 69.3 cm³/mol. The van der Waals surface area contributed by atoms with Gasteiger partial charge >= 0.3 is 0 Å². The van der Waals surface area contributed by atoms with E-state index in [-0.39, 0.29) is 11.7 Å². The van der Waals surface area contributed by atoms with Gasteiger partial charge in [-0.2, -0.15) is 0 Å². The highest BCUT2D eigenvalue weighted by atomic mass is 16.3. The van der Waals surface area contributed by atoms with Gasteiger partial charge in [-0.1, -0.05) is 20.8 Å². The van der Waals surface area contributed by atoms with Crippen LogP contribution in [0.1, 0.15) is 50.4 Å². The van der Waals surface area contributed by atoms with E-state index in [0.717, 1.165) is 12.8 Å². The Hall–Kier alpha value is -1.09. The first-order valence-corrected chi connectivity index (χ1v) is 6.71. The first kappa shape index (κ1) is 13.3. The minimum Gasteiger partial charge on any atom is -0.472 e. The molecule has 0 radical (unpaired) electrons. The SMILES string of the molecule is CC(C)C[C@]1(O)C[C@H](C)C[C@H]1C(=O)c1ccoc1. The summed E-state index contributed by atoms with van der Waals surface area (Å²) in [6.07, 6.45) is 5.16. The lowest BCUT2D eigenvalue weighted by atomic mass is 9.80. The fourth-order valence-corrected chi connectivity index (χ4v) is 3.34. The molecule has 1 aliphatic rings. The number of aliphatic hydroxyl groups is 1. The van der Waals surface area contributed by atoms with E-state index < -0.39 is 5.60 Å². The summed E-state index contributed by atoms with van der Waals surface area (Å²) in [5.74, 6) is 0.526. The van der Waals surface area contributed by atoms with E-state index >= 15 is 0 Å². The molecule has 1 aromatic rings. The molecule has 3 atom stereocenters. The molecule has 100 valence electrons. The summed E-state index contributed by atoms with van der Waals surface area (Å²) in [6.45, 7) is 6.27. The van der Waals surface area contributed by atoms with Crippen molar-refractivity contribution in [2.45, 2.75) is 45.6 Å². The van der Waals surface area contributed by atoms with E-state index in [9.17, 15) is 9.90 Å². The Morgan fingerprint density at radius 3 is 2.89 bits per heavy atom. The quantitative estimate of drug-likeness (QED) is 0.834. The third kappa shape index (κ3) is 2.51. The van der Waals surface area contributed by atoms with Crippen LogP contribution in [0.25, 0.3) is 0 Å². The molecule has 0 saturated heterocycles. The zero-order chi connectivity index (χ0) is 13.3. The third-order valence-electron chi connectivity index (χ3n) is 3.87. The molecule has 0 spiro atoms. The van der Waals surface area contributed by atoms with Crippen molar-refractivity contribution in [3.63, 3.8) is 0 Å². The van der Waals surface area contributed by atoms with Crippen molar-refractivity contribution < 1.29 is 14.3 Å². The van der Waals surface area contributed by atoms with Gasteiger partial charge in [0.2, 0.25) is 0 Å². The predicted octanol–water partition coefficient (Wildman–Crippen LogP) is 3.29. The van der Waals surface area contributed by atoms with E-state index in [1.165, 1.54) is 12.5 Å². The molecule has 2 rings (SSSR count). The van der Waals surface area contributed by atoms with Gasteiger partial charge < -0.3 is 9.52 Å². The molecule has 1 aliphatic carbocycles. The Morgan fingerprint density at radius 2 is 2.33 bits per heavy atom. The Labute approximate surface area is 108 Å². The number of carbonyl (C=O) groups is 1. The summed E-state index contributed by atoms with van der Waals surface area (Å²) >= 11 is 0. The van der Waals surface area contributed by atoms with Crippen LogP contribution in [0.15, 0.2) is 23.0 Å². The van der Waals surface area contributed by atoms with Crippen molar-refractivity contribution >= 4 is 5.78 Å². The largest absolute Gasteiger partial charge is 0.472 e. The summed E-state index contributed by atoms with van der Waals surface area (Å²) in [6, 6.07) is 1.68. The second kappa shape index (κ2) is 4.88. The number of furan rings is 1. The summed E-state index contributed by atoms with van der Waals surface area (Å²) in [7, 11) is 0. The van der Waals surface area contributed by atoms with Crippen molar-refractivity contribution in [2.75, 3.05) is 0 Å². The van der Waals surface area contributed by atoms with Crippen LogP contribution in [0.5, 0.6) is 0 Å². The van der Waals surface area contributed by atoms with Gasteiger partial charge in [0.1, 0.15) is 6.26 Å². The first-order valence-electron chi connectivity index (χ1n) is 6.71. The lowest BCUT2D eigenvalue weighted by Gasteiger charge is -2.30. The molecule has 18 heavy (non-hydrogen) atoms. The standard InChI is InChI=1S/C15H22O3/c1-10(2)7-15(17)8-11(3)6-13(15)14(16)12-4-5-18-9-12/h4-5,9-11,13,17H,6-8H2,1-3H3/t11-,13+,15+/m1/s1. The minimum absolute atomic E-state index is 0.0243. The number of Topliss-reactive ketones (excluding diaryl/α,β-unsaturated/α-hetero) is 1. The van der Waals surface area contributed by atoms with Crippen LogP contribution in [0.3, 0.4) is 0 Å². The highest BCUT2D eigenvalue weighted by molar-refractivity contribution is 5.98. The molecule has 0 aliphatic heterocycles. The van der Waals surface area contributed by atoms with Crippen LogP contribution in [-0.2, 0) is 0 Å². The highest BCUT2D eigenvalue weighted by Gasteiger charge is 2.48. The van der Waals surface area contributed by atoms with Gasteiger partial charge in [0.15, 0.2) is 5.78 Å². The number of rotatable bonds is 4. The Bertz CT molecular complexity index is 407. The van der Waals surface area contributed by atoms with E-state index in [0.29, 0.717) is 23.8 Å². The summed E-state index contributed by atoms with van der Waals surface area (Å²) in [5.41, 5.74) is -0.265. The first-order chi connectivity index (χ1) is 8.42. The van der Waals surface area contributed by atoms with E-state index in [1.54, 1.807) is 6.07 Å². The fraction of sp³-hybridized carbons (Fsp3) is 0.667. The summed E-state index contributed by atoms with van der Waals surface area (Å²) in [5, 5.41) is 10.8. The van der Waals surface area contributed by atoms with Crippen molar-refractivity contribution in [3.05, 3.63) is 24.2 Å². The lowest BCUT2D eigenvalue weighted by molar-refractivity contribution is -0.0104. The lowest BCUT2D eigenvalue weighted by Crippen LogP contribution is -2.39. The molecule has 1 heterocycles. The summed E-state index contributed by atoms with van der Waals surface area (Å²) < 4.78 is 4.97. The van der Waals surface area contributed by atoms with E-state index in [1.807, 2.05) is 0 Å². The molecule has 1 aromatic heterocycles. The molecule has 0 bridgehead atoms. The average Bonchev–Trinajstić information content (AvgIpc) is 2.84. The molecule has 3 nitrogen and oxygen atoms in total.